The van der Waals surface area contributed by atoms with Gasteiger partial charge in [0.25, 0.3) is 0 Å². The SMILES string of the molecule is CCC1CCC(C(=O)Cc2ccc3ccccc3c2)CC1. The van der Waals surface area contributed by atoms with Crippen LogP contribution in [0.1, 0.15) is 44.6 Å². The first-order chi connectivity index (χ1) is 10.3. The quantitative estimate of drug-likeness (QED) is 0.755. The van der Waals surface area contributed by atoms with Crippen LogP contribution in [-0.2, 0) is 11.2 Å². The Morgan fingerprint density at radius 1 is 1.00 bits per heavy atom. The fourth-order valence-electron chi connectivity index (χ4n) is 3.59. The van der Waals surface area contributed by atoms with Gasteiger partial charge >= 0.3 is 0 Å². The van der Waals surface area contributed by atoms with E-state index < -0.39 is 0 Å². The second-order valence-electron chi connectivity index (χ2n) is 6.45. The molecule has 0 aliphatic heterocycles. The highest BCUT2D eigenvalue weighted by atomic mass is 16.1. The average molecular weight is 280 g/mol. The third kappa shape index (κ3) is 3.34. The van der Waals surface area contributed by atoms with Gasteiger partial charge < -0.3 is 0 Å². The number of Topliss-reactive ketones (excluding diaryl/α,β-unsaturated/α-hetero) is 1. The van der Waals surface area contributed by atoms with Crippen molar-refractivity contribution in [2.75, 3.05) is 0 Å². The molecule has 0 atom stereocenters. The lowest BCUT2D eigenvalue weighted by Gasteiger charge is -2.26. The molecular formula is C20H24O. The van der Waals surface area contributed by atoms with Crippen LogP contribution in [0.5, 0.6) is 0 Å². The Morgan fingerprint density at radius 3 is 2.43 bits per heavy atom. The summed E-state index contributed by atoms with van der Waals surface area (Å²) in [6.45, 7) is 2.27. The van der Waals surface area contributed by atoms with Gasteiger partial charge in [0.2, 0.25) is 0 Å². The minimum atomic E-state index is 0.305. The summed E-state index contributed by atoms with van der Waals surface area (Å²) < 4.78 is 0. The summed E-state index contributed by atoms with van der Waals surface area (Å²) in [7, 11) is 0. The Hall–Kier alpha value is -1.63. The lowest BCUT2D eigenvalue weighted by molar-refractivity contribution is -0.123. The molecule has 1 nitrogen and oxygen atoms in total. The van der Waals surface area contributed by atoms with Gasteiger partial charge in [-0.1, -0.05) is 55.8 Å². The Bertz CT molecular complexity index is 621. The largest absolute Gasteiger partial charge is 0.299 e. The molecule has 0 radical (unpaired) electrons. The Balaban J connectivity index is 1.66. The Morgan fingerprint density at radius 2 is 1.71 bits per heavy atom. The fourth-order valence-corrected chi connectivity index (χ4v) is 3.59. The molecule has 0 bridgehead atoms. The molecule has 0 N–H and O–H groups in total. The van der Waals surface area contributed by atoms with Crippen molar-refractivity contribution in [1.82, 2.24) is 0 Å². The van der Waals surface area contributed by atoms with Crippen molar-refractivity contribution in [2.24, 2.45) is 11.8 Å². The van der Waals surface area contributed by atoms with Gasteiger partial charge in [-0.3, -0.25) is 4.79 Å². The molecule has 1 heteroatoms. The monoisotopic (exact) mass is 280 g/mol. The molecule has 0 aromatic heterocycles. The van der Waals surface area contributed by atoms with Gasteiger partial charge in [-0.2, -0.15) is 0 Å². The van der Waals surface area contributed by atoms with E-state index in [1.165, 1.54) is 30.0 Å². The molecule has 0 unspecified atom stereocenters. The number of hydrogen-bond acceptors (Lipinski definition) is 1. The molecule has 2 aromatic carbocycles. The maximum absolute atomic E-state index is 12.5. The van der Waals surface area contributed by atoms with Crippen molar-refractivity contribution in [2.45, 2.75) is 45.4 Å². The molecule has 1 aliphatic carbocycles. The van der Waals surface area contributed by atoms with E-state index in [4.69, 9.17) is 0 Å². The number of benzene rings is 2. The van der Waals surface area contributed by atoms with E-state index in [2.05, 4.69) is 49.4 Å². The number of rotatable bonds is 4. The molecule has 1 saturated carbocycles. The zero-order valence-corrected chi connectivity index (χ0v) is 12.8. The summed E-state index contributed by atoms with van der Waals surface area (Å²) in [5.41, 5.74) is 1.16. The van der Waals surface area contributed by atoms with E-state index in [0.717, 1.165) is 24.3 Å². The molecule has 0 saturated heterocycles. The summed E-state index contributed by atoms with van der Waals surface area (Å²) >= 11 is 0. The topological polar surface area (TPSA) is 17.1 Å². The number of carbonyl (C=O) groups is 1. The second-order valence-corrected chi connectivity index (χ2v) is 6.45. The summed E-state index contributed by atoms with van der Waals surface area (Å²) in [5.74, 6) is 1.61. The molecule has 1 fully saturated rings. The van der Waals surface area contributed by atoms with Gasteiger partial charge in [0.1, 0.15) is 5.78 Å². The molecular weight excluding hydrogens is 256 g/mol. The summed E-state index contributed by atoms with van der Waals surface area (Å²) in [6.07, 6.45) is 6.56. The van der Waals surface area contributed by atoms with E-state index >= 15 is 0 Å². The van der Waals surface area contributed by atoms with Gasteiger partial charge in [0, 0.05) is 12.3 Å². The van der Waals surface area contributed by atoms with Crippen LogP contribution in [0.25, 0.3) is 10.8 Å². The van der Waals surface area contributed by atoms with Gasteiger partial charge in [0.15, 0.2) is 0 Å². The second kappa shape index (κ2) is 6.43. The van der Waals surface area contributed by atoms with Crippen molar-refractivity contribution >= 4 is 16.6 Å². The van der Waals surface area contributed by atoms with Gasteiger partial charge in [-0.25, -0.2) is 0 Å². The average Bonchev–Trinajstić information content (AvgIpc) is 2.55. The van der Waals surface area contributed by atoms with Crippen LogP contribution in [0.2, 0.25) is 0 Å². The zero-order valence-electron chi connectivity index (χ0n) is 12.8. The predicted molar refractivity (Wildman–Crippen MR) is 88.4 cm³/mol. The molecule has 0 amide bonds. The molecule has 0 spiro atoms. The first kappa shape index (κ1) is 14.3. The highest BCUT2D eigenvalue weighted by Crippen LogP contribution is 2.31. The van der Waals surface area contributed by atoms with Crippen LogP contribution < -0.4 is 0 Å². The van der Waals surface area contributed by atoms with E-state index in [0.29, 0.717) is 18.1 Å². The van der Waals surface area contributed by atoms with Crippen molar-refractivity contribution < 1.29 is 4.79 Å². The van der Waals surface area contributed by atoms with Crippen molar-refractivity contribution in [3.05, 3.63) is 48.0 Å². The predicted octanol–water partition coefficient (Wildman–Crippen LogP) is 5.17. The van der Waals surface area contributed by atoms with E-state index in [1.54, 1.807) is 0 Å². The first-order valence-electron chi connectivity index (χ1n) is 8.26. The van der Waals surface area contributed by atoms with Crippen molar-refractivity contribution in [3.8, 4) is 0 Å². The van der Waals surface area contributed by atoms with E-state index in [-0.39, 0.29) is 0 Å². The maximum atomic E-state index is 12.5. The number of ketones is 1. The normalized spacial score (nSPS) is 22.3. The molecule has 3 rings (SSSR count). The summed E-state index contributed by atoms with van der Waals surface area (Å²) in [4.78, 5) is 12.5. The molecule has 21 heavy (non-hydrogen) atoms. The standard InChI is InChI=1S/C20H24O/c1-2-15-7-11-18(12-8-15)20(21)14-16-9-10-17-5-3-4-6-19(17)13-16/h3-6,9-10,13,15,18H,2,7-8,11-12,14H2,1H3. The maximum Gasteiger partial charge on any atom is 0.140 e. The lowest BCUT2D eigenvalue weighted by atomic mass is 9.78. The molecule has 2 aromatic rings. The van der Waals surface area contributed by atoms with Gasteiger partial charge in [-0.05, 0) is 47.9 Å². The van der Waals surface area contributed by atoms with Gasteiger partial charge in [-0.15, -0.1) is 0 Å². The Kier molecular flexibility index (Phi) is 4.38. The van der Waals surface area contributed by atoms with Crippen LogP contribution in [0.3, 0.4) is 0 Å². The van der Waals surface area contributed by atoms with E-state index in [1.807, 2.05) is 0 Å². The van der Waals surface area contributed by atoms with Crippen LogP contribution in [-0.4, -0.2) is 5.78 Å². The third-order valence-electron chi connectivity index (χ3n) is 5.07. The van der Waals surface area contributed by atoms with Crippen molar-refractivity contribution in [1.29, 1.82) is 0 Å². The molecule has 1 aliphatic rings. The van der Waals surface area contributed by atoms with Gasteiger partial charge in [0.05, 0.1) is 0 Å². The number of fused-ring (bicyclic) bond motifs is 1. The van der Waals surface area contributed by atoms with E-state index in [9.17, 15) is 4.79 Å². The smallest absolute Gasteiger partial charge is 0.140 e. The van der Waals surface area contributed by atoms with Crippen LogP contribution in [0, 0.1) is 11.8 Å². The third-order valence-corrected chi connectivity index (χ3v) is 5.07. The summed E-state index contributed by atoms with van der Waals surface area (Å²) in [6, 6.07) is 14.8. The van der Waals surface area contributed by atoms with Crippen LogP contribution in [0.4, 0.5) is 0 Å². The number of hydrogen-bond donors (Lipinski definition) is 0. The zero-order chi connectivity index (χ0) is 14.7. The van der Waals surface area contributed by atoms with Crippen LogP contribution in [0.15, 0.2) is 42.5 Å². The summed E-state index contributed by atoms with van der Waals surface area (Å²) in [5, 5.41) is 2.48. The molecule has 110 valence electrons. The Labute approximate surface area is 127 Å². The lowest BCUT2D eigenvalue weighted by Crippen LogP contribution is -2.23. The highest BCUT2D eigenvalue weighted by molar-refractivity contribution is 5.87. The minimum absolute atomic E-state index is 0.305. The highest BCUT2D eigenvalue weighted by Gasteiger charge is 2.25. The molecule has 0 heterocycles. The van der Waals surface area contributed by atoms with Crippen LogP contribution >= 0.6 is 0 Å². The van der Waals surface area contributed by atoms with Crippen molar-refractivity contribution in [3.63, 3.8) is 0 Å². The minimum Gasteiger partial charge on any atom is -0.299 e. The number of carbonyl (C=O) groups excluding carboxylic acids is 1. The first-order valence-corrected chi connectivity index (χ1v) is 8.26. The fraction of sp³-hybridized carbons (Fsp3) is 0.450.